The van der Waals surface area contributed by atoms with E-state index in [0.29, 0.717) is 0 Å². The van der Waals surface area contributed by atoms with Gasteiger partial charge in [-0.05, 0) is 6.07 Å². The van der Waals surface area contributed by atoms with Crippen LogP contribution in [0.2, 0.25) is 0 Å². The van der Waals surface area contributed by atoms with Crippen molar-refractivity contribution in [3.8, 4) is 0 Å². The Balaban J connectivity index is 1.90. The normalized spacial score (nSPS) is 39.8. The monoisotopic (exact) mass is 241 g/mol. The number of aromatic nitrogens is 2. The average molecular weight is 241 g/mol. The molecule has 2 aliphatic heterocycles. The molecule has 17 heavy (non-hydrogen) atoms. The average Bonchev–Trinajstić information content (AvgIpc) is 2.50. The minimum atomic E-state index is -1.52. The lowest BCUT2D eigenvalue weighted by molar-refractivity contribution is -0.412. The zero-order valence-corrected chi connectivity index (χ0v) is 8.68. The predicted molar refractivity (Wildman–Crippen MR) is 53.5 cm³/mol. The van der Waals surface area contributed by atoms with E-state index in [0.717, 1.165) is 0 Å². The van der Waals surface area contributed by atoms with Crippen molar-refractivity contribution in [1.29, 1.82) is 0 Å². The standard InChI is InChI=1S/C9H11N3O5/c10-4-1-2-12(8(14)11-4)5-3-9(15)6(16-5)7(13)17-9/h1-2,5-7,13,15H,3H2,(H2,10,11,14)/t5-,6-,7?,9-/m1/s1. The molecule has 8 heteroatoms. The van der Waals surface area contributed by atoms with Crippen molar-refractivity contribution < 1.29 is 19.7 Å². The van der Waals surface area contributed by atoms with Crippen LogP contribution in [0.3, 0.4) is 0 Å². The Morgan fingerprint density at radius 3 is 3.00 bits per heavy atom. The maximum Gasteiger partial charge on any atom is 0.351 e. The maximum atomic E-state index is 11.6. The quantitative estimate of drug-likeness (QED) is 0.527. The van der Waals surface area contributed by atoms with E-state index in [-0.39, 0.29) is 12.2 Å². The highest BCUT2D eigenvalue weighted by molar-refractivity contribution is 5.23. The summed E-state index contributed by atoms with van der Waals surface area (Å²) in [6.45, 7) is 0. The van der Waals surface area contributed by atoms with E-state index in [2.05, 4.69) is 4.98 Å². The van der Waals surface area contributed by atoms with E-state index in [1.165, 1.54) is 16.8 Å². The van der Waals surface area contributed by atoms with Crippen LogP contribution in [0.5, 0.6) is 0 Å². The van der Waals surface area contributed by atoms with Gasteiger partial charge in [0.05, 0.1) is 0 Å². The molecule has 2 saturated heterocycles. The third kappa shape index (κ3) is 1.46. The molecule has 8 nitrogen and oxygen atoms in total. The number of anilines is 1. The molecule has 0 radical (unpaired) electrons. The molecule has 1 unspecified atom stereocenters. The van der Waals surface area contributed by atoms with Crippen LogP contribution in [-0.2, 0) is 9.47 Å². The predicted octanol–water partition coefficient (Wildman–Crippen LogP) is -1.85. The molecule has 0 amide bonds. The fraction of sp³-hybridized carbons (Fsp3) is 0.556. The van der Waals surface area contributed by atoms with Crippen LogP contribution < -0.4 is 11.4 Å². The van der Waals surface area contributed by atoms with E-state index < -0.39 is 30.1 Å². The molecule has 0 bridgehead atoms. The first-order valence-corrected chi connectivity index (χ1v) is 5.08. The summed E-state index contributed by atoms with van der Waals surface area (Å²) >= 11 is 0. The molecule has 3 rings (SSSR count). The first-order chi connectivity index (χ1) is 7.99. The fourth-order valence-corrected chi connectivity index (χ4v) is 2.10. The molecule has 0 spiro atoms. The van der Waals surface area contributed by atoms with Crippen LogP contribution in [0.1, 0.15) is 12.6 Å². The Bertz CT molecular complexity index is 518. The number of hydrogen-bond acceptors (Lipinski definition) is 7. The Hall–Kier alpha value is -1.48. The molecule has 0 aromatic carbocycles. The smallest absolute Gasteiger partial charge is 0.351 e. The zero-order chi connectivity index (χ0) is 12.2. The number of nitrogens with two attached hydrogens (primary N) is 1. The number of aliphatic hydroxyl groups is 2. The summed E-state index contributed by atoms with van der Waals surface area (Å²) < 4.78 is 11.3. The number of aliphatic hydroxyl groups excluding tert-OH is 1. The summed E-state index contributed by atoms with van der Waals surface area (Å²) in [5.41, 5.74) is 4.79. The number of hydrogen-bond donors (Lipinski definition) is 3. The highest BCUT2D eigenvalue weighted by atomic mass is 16.8. The Kier molecular flexibility index (Phi) is 2.05. The molecule has 3 heterocycles. The van der Waals surface area contributed by atoms with Crippen molar-refractivity contribution in [1.82, 2.24) is 9.55 Å². The van der Waals surface area contributed by atoms with Gasteiger partial charge < -0.3 is 25.4 Å². The van der Waals surface area contributed by atoms with Crippen LogP contribution >= 0.6 is 0 Å². The van der Waals surface area contributed by atoms with Crippen LogP contribution in [0, 0.1) is 0 Å². The number of rotatable bonds is 1. The summed E-state index contributed by atoms with van der Waals surface area (Å²) in [6.07, 6.45) is -1.24. The molecule has 2 fully saturated rings. The third-order valence-corrected chi connectivity index (χ3v) is 2.96. The second kappa shape index (κ2) is 3.26. The van der Waals surface area contributed by atoms with Gasteiger partial charge in [-0.1, -0.05) is 0 Å². The molecule has 1 aromatic heterocycles. The summed E-state index contributed by atoms with van der Waals surface area (Å²) in [5.74, 6) is -1.41. The number of fused-ring (bicyclic) bond motifs is 1. The van der Waals surface area contributed by atoms with E-state index in [1.54, 1.807) is 0 Å². The van der Waals surface area contributed by atoms with Gasteiger partial charge in [-0.15, -0.1) is 0 Å². The van der Waals surface area contributed by atoms with E-state index in [9.17, 15) is 15.0 Å². The zero-order valence-electron chi connectivity index (χ0n) is 8.68. The summed E-state index contributed by atoms with van der Waals surface area (Å²) in [4.78, 5) is 15.1. The van der Waals surface area contributed by atoms with Gasteiger partial charge in [-0.2, -0.15) is 4.98 Å². The van der Waals surface area contributed by atoms with Gasteiger partial charge >= 0.3 is 5.69 Å². The molecule has 2 aliphatic rings. The number of ether oxygens (including phenoxy) is 2. The lowest BCUT2D eigenvalue weighted by Crippen LogP contribution is -2.61. The lowest BCUT2D eigenvalue weighted by atomic mass is 10.0. The van der Waals surface area contributed by atoms with Crippen LogP contribution in [-0.4, -0.2) is 37.9 Å². The first-order valence-electron chi connectivity index (χ1n) is 5.08. The van der Waals surface area contributed by atoms with Crippen molar-refractivity contribution in [2.24, 2.45) is 0 Å². The largest absolute Gasteiger partial charge is 0.383 e. The lowest BCUT2D eigenvalue weighted by Gasteiger charge is -2.42. The van der Waals surface area contributed by atoms with Crippen molar-refractivity contribution in [2.75, 3.05) is 5.73 Å². The minimum absolute atomic E-state index is 0.0558. The van der Waals surface area contributed by atoms with Gasteiger partial charge in [0.1, 0.15) is 12.0 Å². The topological polar surface area (TPSA) is 120 Å². The van der Waals surface area contributed by atoms with Crippen LogP contribution in [0.25, 0.3) is 0 Å². The molecule has 1 aromatic rings. The van der Waals surface area contributed by atoms with Gasteiger partial charge in [0.25, 0.3) is 0 Å². The van der Waals surface area contributed by atoms with Gasteiger partial charge in [-0.3, -0.25) is 4.57 Å². The fourth-order valence-electron chi connectivity index (χ4n) is 2.10. The summed E-state index contributed by atoms with van der Waals surface area (Å²) in [5, 5.41) is 19.1. The van der Waals surface area contributed by atoms with Crippen LogP contribution in [0.4, 0.5) is 5.82 Å². The second-order valence-electron chi connectivity index (χ2n) is 4.11. The van der Waals surface area contributed by atoms with Gasteiger partial charge in [0, 0.05) is 12.6 Å². The summed E-state index contributed by atoms with van der Waals surface area (Å²) in [6, 6.07) is 1.45. The summed E-state index contributed by atoms with van der Waals surface area (Å²) in [7, 11) is 0. The van der Waals surface area contributed by atoms with Gasteiger partial charge in [-0.25, -0.2) is 4.79 Å². The minimum Gasteiger partial charge on any atom is -0.383 e. The molecular formula is C9H11N3O5. The number of nitrogen functional groups attached to an aromatic ring is 1. The Morgan fingerprint density at radius 1 is 1.65 bits per heavy atom. The highest BCUT2D eigenvalue weighted by Crippen LogP contribution is 2.46. The Labute approximate surface area is 95.2 Å². The van der Waals surface area contributed by atoms with Crippen molar-refractivity contribution >= 4 is 5.82 Å². The van der Waals surface area contributed by atoms with Crippen molar-refractivity contribution in [2.45, 2.75) is 30.8 Å². The molecule has 92 valence electrons. The Morgan fingerprint density at radius 2 is 2.41 bits per heavy atom. The molecular weight excluding hydrogens is 230 g/mol. The van der Waals surface area contributed by atoms with Crippen molar-refractivity contribution in [3.63, 3.8) is 0 Å². The highest BCUT2D eigenvalue weighted by Gasteiger charge is 2.62. The van der Waals surface area contributed by atoms with Crippen molar-refractivity contribution in [3.05, 3.63) is 22.7 Å². The SMILES string of the molecule is Nc1ccn([C@H]2C[C@@]3(O)OC(O)[C@H]3O2)c(=O)n1. The van der Waals surface area contributed by atoms with E-state index in [1.807, 2.05) is 0 Å². The first kappa shape index (κ1) is 10.7. The number of nitrogens with zero attached hydrogens (tertiary/aromatic N) is 2. The second-order valence-corrected chi connectivity index (χ2v) is 4.11. The van der Waals surface area contributed by atoms with Gasteiger partial charge in [0.15, 0.2) is 12.4 Å². The molecule has 0 aliphatic carbocycles. The maximum absolute atomic E-state index is 11.6. The van der Waals surface area contributed by atoms with Crippen LogP contribution in [0.15, 0.2) is 17.1 Å². The van der Waals surface area contributed by atoms with E-state index >= 15 is 0 Å². The molecule has 0 saturated carbocycles. The van der Waals surface area contributed by atoms with Gasteiger partial charge in [0.2, 0.25) is 5.79 Å². The van der Waals surface area contributed by atoms with E-state index in [4.69, 9.17) is 15.2 Å². The molecule has 4 atom stereocenters. The molecule has 4 N–H and O–H groups in total. The third-order valence-electron chi connectivity index (χ3n) is 2.96.